The van der Waals surface area contributed by atoms with Crippen molar-refractivity contribution in [1.82, 2.24) is 9.62 Å². The third kappa shape index (κ3) is 6.37. The highest BCUT2D eigenvalue weighted by molar-refractivity contribution is 7.89. The van der Waals surface area contributed by atoms with Gasteiger partial charge in [-0.15, -0.1) is 0 Å². The smallest absolute Gasteiger partial charge is 0.251 e. The molecule has 0 aliphatic carbocycles. The average molecular weight is 478 g/mol. The van der Waals surface area contributed by atoms with E-state index in [2.05, 4.69) is 10.6 Å². The minimum absolute atomic E-state index is 0.104. The summed E-state index contributed by atoms with van der Waals surface area (Å²) < 4.78 is 46.6. The van der Waals surface area contributed by atoms with Crippen molar-refractivity contribution in [3.63, 3.8) is 0 Å². The number of benzene rings is 2. The summed E-state index contributed by atoms with van der Waals surface area (Å²) in [5.41, 5.74) is 0.669. The zero-order chi connectivity index (χ0) is 24.0. The Hall–Kier alpha value is -2.82. The summed E-state index contributed by atoms with van der Waals surface area (Å²) in [7, 11) is -4.10. The number of halogens is 1. The molecule has 10 heteroatoms. The molecular formula is C23H28FN3O5S. The van der Waals surface area contributed by atoms with Gasteiger partial charge in [-0.1, -0.05) is 44.2 Å². The maximum absolute atomic E-state index is 14.5. The van der Waals surface area contributed by atoms with Gasteiger partial charge < -0.3 is 15.4 Å². The zero-order valence-electron chi connectivity index (χ0n) is 18.6. The van der Waals surface area contributed by atoms with Crippen molar-refractivity contribution in [3.05, 3.63) is 59.9 Å². The van der Waals surface area contributed by atoms with E-state index in [0.717, 1.165) is 16.4 Å². The summed E-state index contributed by atoms with van der Waals surface area (Å²) in [5.74, 6) is -1.66. The van der Waals surface area contributed by atoms with Gasteiger partial charge in [-0.3, -0.25) is 9.59 Å². The van der Waals surface area contributed by atoms with E-state index in [-0.39, 0.29) is 50.2 Å². The van der Waals surface area contributed by atoms with E-state index in [1.165, 1.54) is 6.07 Å². The quantitative estimate of drug-likeness (QED) is 0.608. The molecule has 3 rings (SSSR count). The van der Waals surface area contributed by atoms with Gasteiger partial charge in [0.15, 0.2) is 0 Å². The van der Waals surface area contributed by atoms with E-state index >= 15 is 0 Å². The number of morpholine rings is 1. The second-order valence-corrected chi connectivity index (χ2v) is 10.1. The third-order valence-corrected chi connectivity index (χ3v) is 6.99. The van der Waals surface area contributed by atoms with Crippen LogP contribution in [0.15, 0.2) is 53.4 Å². The molecule has 2 amide bonds. The lowest BCUT2D eigenvalue weighted by Gasteiger charge is -2.26. The van der Waals surface area contributed by atoms with E-state index in [0.29, 0.717) is 5.56 Å². The Morgan fingerprint density at radius 2 is 1.76 bits per heavy atom. The Labute approximate surface area is 193 Å². The molecule has 0 aromatic heterocycles. The van der Waals surface area contributed by atoms with Crippen LogP contribution in [0.4, 0.5) is 10.1 Å². The molecule has 1 heterocycles. The summed E-state index contributed by atoms with van der Waals surface area (Å²) in [6.07, 6.45) is 0.245. The van der Waals surface area contributed by atoms with Crippen LogP contribution >= 0.6 is 0 Å². The van der Waals surface area contributed by atoms with E-state index in [4.69, 9.17) is 4.74 Å². The largest absolute Gasteiger partial charge is 0.379 e. The fourth-order valence-corrected chi connectivity index (χ4v) is 4.95. The summed E-state index contributed by atoms with van der Waals surface area (Å²) >= 11 is 0. The summed E-state index contributed by atoms with van der Waals surface area (Å²) in [6.45, 7) is 4.49. The first-order valence-corrected chi connectivity index (χ1v) is 12.1. The van der Waals surface area contributed by atoms with Crippen molar-refractivity contribution in [1.29, 1.82) is 0 Å². The van der Waals surface area contributed by atoms with Gasteiger partial charge in [0.25, 0.3) is 5.91 Å². The van der Waals surface area contributed by atoms with Gasteiger partial charge in [0, 0.05) is 25.2 Å². The zero-order valence-corrected chi connectivity index (χ0v) is 19.4. The number of hydrogen-bond acceptors (Lipinski definition) is 5. The highest BCUT2D eigenvalue weighted by Gasteiger charge is 2.30. The summed E-state index contributed by atoms with van der Waals surface area (Å²) in [5, 5.41) is 5.34. The molecule has 1 saturated heterocycles. The molecule has 2 aromatic rings. The SMILES string of the molecule is CC(C)CC(=O)NC(C(=O)Nc1ccc(F)c(S(=O)(=O)N2CCOCC2)c1)c1ccccc1. The molecule has 33 heavy (non-hydrogen) atoms. The van der Waals surface area contributed by atoms with Crippen molar-refractivity contribution < 1.29 is 27.1 Å². The lowest BCUT2D eigenvalue weighted by Crippen LogP contribution is -2.41. The molecule has 0 bridgehead atoms. The Balaban J connectivity index is 1.85. The standard InChI is InChI=1S/C23H28FN3O5S/c1-16(2)14-21(28)26-22(17-6-4-3-5-7-17)23(29)25-18-8-9-19(24)20(15-18)33(30,31)27-10-12-32-13-11-27/h3-9,15-16,22H,10-14H2,1-2H3,(H,25,29)(H,26,28). The normalized spacial score (nSPS) is 15.8. The molecule has 8 nitrogen and oxygen atoms in total. The molecule has 1 aliphatic rings. The number of amides is 2. The molecule has 2 aromatic carbocycles. The average Bonchev–Trinajstić information content (AvgIpc) is 2.79. The van der Waals surface area contributed by atoms with Crippen molar-refractivity contribution in [2.75, 3.05) is 31.6 Å². The molecule has 1 aliphatic heterocycles. The predicted octanol–water partition coefficient (Wildman–Crippen LogP) is 2.69. The number of rotatable bonds is 8. The van der Waals surface area contributed by atoms with E-state index in [9.17, 15) is 22.4 Å². The fraction of sp³-hybridized carbons (Fsp3) is 0.391. The van der Waals surface area contributed by atoms with Crippen LogP contribution in [-0.4, -0.2) is 50.8 Å². The monoisotopic (exact) mass is 477 g/mol. The first kappa shape index (κ1) is 24.8. The Bertz CT molecular complexity index is 1090. The third-order valence-electron chi connectivity index (χ3n) is 5.08. The minimum atomic E-state index is -4.10. The Morgan fingerprint density at radius 3 is 2.39 bits per heavy atom. The summed E-state index contributed by atoms with van der Waals surface area (Å²) in [4.78, 5) is 24.9. The molecule has 1 fully saturated rings. The highest BCUT2D eigenvalue weighted by Crippen LogP contribution is 2.25. The number of hydrogen-bond donors (Lipinski definition) is 2. The van der Waals surface area contributed by atoms with Crippen LogP contribution in [-0.2, 0) is 24.3 Å². The van der Waals surface area contributed by atoms with Crippen molar-refractivity contribution in [2.45, 2.75) is 31.2 Å². The minimum Gasteiger partial charge on any atom is -0.379 e. The second-order valence-electron chi connectivity index (χ2n) is 8.16. The molecule has 1 atom stereocenters. The highest BCUT2D eigenvalue weighted by atomic mass is 32.2. The first-order chi connectivity index (χ1) is 15.7. The molecular weight excluding hydrogens is 449 g/mol. The van der Waals surface area contributed by atoms with Gasteiger partial charge in [0.05, 0.1) is 13.2 Å². The number of carbonyl (C=O) groups is 2. The van der Waals surface area contributed by atoms with Gasteiger partial charge in [-0.2, -0.15) is 4.31 Å². The van der Waals surface area contributed by atoms with Gasteiger partial charge in [0.1, 0.15) is 16.8 Å². The summed E-state index contributed by atoms with van der Waals surface area (Å²) in [6, 6.07) is 11.1. The number of sulfonamides is 1. The van der Waals surface area contributed by atoms with E-state index in [1.807, 2.05) is 13.8 Å². The Kier molecular flexibility index (Phi) is 8.17. The number of nitrogens with zero attached hydrogens (tertiary/aromatic N) is 1. The van der Waals surface area contributed by atoms with E-state index < -0.39 is 32.7 Å². The number of anilines is 1. The molecule has 0 spiro atoms. The van der Waals surface area contributed by atoms with Crippen LogP contribution in [0, 0.1) is 11.7 Å². The molecule has 178 valence electrons. The maximum Gasteiger partial charge on any atom is 0.251 e. The number of nitrogens with one attached hydrogen (secondary N) is 2. The van der Waals surface area contributed by atoms with Gasteiger partial charge in [0.2, 0.25) is 15.9 Å². The maximum atomic E-state index is 14.5. The van der Waals surface area contributed by atoms with Crippen LogP contribution in [0.5, 0.6) is 0 Å². The lowest BCUT2D eigenvalue weighted by molar-refractivity contribution is -0.127. The Morgan fingerprint density at radius 1 is 1.09 bits per heavy atom. The van der Waals surface area contributed by atoms with Crippen LogP contribution in [0.25, 0.3) is 0 Å². The van der Waals surface area contributed by atoms with Crippen LogP contribution in [0.1, 0.15) is 31.9 Å². The van der Waals surface area contributed by atoms with Gasteiger partial charge >= 0.3 is 0 Å². The molecule has 0 radical (unpaired) electrons. The second kappa shape index (κ2) is 10.9. The van der Waals surface area contributed by atoms with E-state index in [1.54, 1.807) is 30.3 Å². The fourth-order valence-electron chi connectivity index (χ4n) is 3.46. The van der Waals surface area contributed by atoms with Gasteiger partial charge in [-0.05, 0) is 29.7 Å². The van der Waals surface area contributed by atoms with Crippen molar-refractivity contribution >= 4 is 27.5 Å². The van der Waals surface area contributed by atoms with Gasteiger partial charge in [-0.25, -0.2) is 12.8 Å². The van der Waals surface area contributed by atoms with Crippen molar-refractivity contribution in [3.8, 4) is 0 Å². The first-order valence-electron chi connectivity index (χ1n) is 10.7. The predicted molar refractivity (Wildman–Crippen MR) is 121 cm³/mol. The topological polar surface area (TPSA) is 105 Å². The van der Waals surface area contributed by atoms with Crippen LogP contribution in [0.2, 0.25) is 0 Å². The molecule has 0 saturated carbocycles. The van der Waals surface area contributed by atoms with Crippen molar-refractivity contribution in [2.24, 2.45) is 5.92 Å². The van der Waals surface area contributed by atoms with Crippen LogP contribution < -0.4 is 10.6 Å². The lowest BCUT2D eigenvalue weighted by atomic mass is 10.0. The number of carbonyl (C=O) groups excluding carboxylic acids is 2. The van der Waals surface area contributed by atoms with Crippen LogP contribution in [0.3, 0.4) is 0 Å². The number of ether oxygens (including phenoxy) is 1. The molecule has 2 N–H and O–H groups in total. The molecule has 1 unspecified atom stereocenters.